The fourth-order valence-corrected chi connectivity index (χ4v) is 5.07. The summed E-state index contributed by atoms with van der Waals surface area (Å²) in [5.41, 5.74) is 3.54. The number of morpholine rings is 1. The smallest absolute Gasteiger partial charge is 0.254 e. The van der Waals surface area contributed by atoms with Crippen LogP contribution in [0, 0.1) is 0 Å². The molecule has 2 bridgehead atoms. The van der Waals surface area contributed by atoms with Crippen molar-refractivity contribution in [1.82, 2.24) is 15.5 Å². The number of rotatable bonds is 5. The second-order valence-electron chi connectivity index (χ2n) is 8.95. The molecular weight excluding hydrogens is 406 g/mol. The van der Waals surface area contributed by atoms with Crippen LogP contribution in [0.1, 0.15) is 44.7 Å². The lowest BCUT2D eigenvalue weighted by molar-refractivity contribution is -0.00716. The molecule has 0 aliphatic carbocycles. The van der Waals surface area contributed by atoms with Gasteiger partial charge >= 0.3 is 0 Å². The Labute approximate surface area is 187 Å². The molecule has 2 fully saturated rings. The largest absolute Gasteiger partial charge is 0.390 e. The average molecular weight is 436 g/mol. The Morgan fingerprint density at radius 3 is 2.41 bits per heavy atom. The maximum Gasteiger partial charge on any atom is 0.254 e. The molecule has 2 amide bonds. The van der Waals surface area contributed by atoms with Crippen LogP contribution in [0.3, 0.4) is 0 Å². The van der Waals surface area contributed by atoms with E-state index in [1.54, 1.807) is 24.3 Å². The fourth-order valence-electron chi connectivity index (χ4n) is 5.07. The lowest BCUT2D eigenvalue weighted by atomic mass is 9.93. The molecule has 3 heterocycles. The number of nitrogens with one attached hydrogen (secondary N) is 2. The molecule has 168 valence electrons. The van der Waals surface area contributed by atoms with Gasteiger partial charge in [0.25, 0.3) is 11.8 Å². The van der Waals surface area contributed by atoms with Crippen molar-refractivity contribution in [2.45, 2.75) is 50.0 Å². The second kappa shape index (κ2) is 9.02. The quantitative estimate of drug-likeness (QED) is 0.662. The number of carbonyl (C=O) groups excluding carboxylic acids is 2. The highest BCUT2D eigenvalue weighted by Crippen LogP contribution is 2.30. The average Bonchev–Trinajstić information content (AvgIpc) is 3.09. The predicted octanol–water partition coefficient (Wildman–Crippen LogP) is 1.50. The first-order valence-electron chi connectivity index (χ1n) is 11.4. The van der Waals surface area contributed by atoms with Crippen LogP contribution >= 0.6 is 0 Å². The molecule has 4 atom stereocenters. The molecule has 0 aromatic heterocycles. The third-order valence-electron chi connectivity index (χ3n) is 6.92. The molecule has 3 aliphatic rings. The summed E-state index contributed by atoms with van der Waals surface area (Å²) in [5, 5.41) is 16.7. The number of benzene rings is 2. The molecule has 4 unspecified atom stereocenters. The Morgan fingerprint density at radius 2 is 1.69 bits per heavy atom. The topological polar surface area (TPSA) is 90.9 Å². The molecule has 2 saturated heterocycles. The summed E-state index contributed by atoms with van der Waals surface area (Å²) in [7, 11) is 0. The van der Waals surface area contributed by atoms with E-state index in [1.165, 1.54) is 11.1 Å². The first kappa shape index (κ1) is 21.1. The van der Waals surface area contributed by atoms with Crippen molar-refractivity contribution >= 4 is 11.8 Å². The van der Waals surface area contributed by atoms with Gasteiger partial charge in [-0.1, -0.05) is 24.3 Å². The highest BCUT2D eigenvalue weighted by atomic mass is 16.5. The Balaban J connectivity index is 1.15. The Hall–Kier alpha value is -2.74. The van der Waals surface area contributed by atoms with Gasteiger partial charge in [0.2, 0.25) is 0 Å². The van der Waals surface area contributed by atoms with Gasteiger partial charge in [0.1, 0.15) is 0 Å². The minimum Gasteiger partial charge on any atom is -0.390 e. The second-order valence-corrected chi connectivity index (χ2v) is 8.95. The van der Waals surface area contributed by atoms with E-state index < -0.39 is 6.10 Å². The normalized spacial score (nSPS) is 25.2. The highest BCUT2D eigenvalue weighted by Gasteiger charge is 2.40. The van der Waals surface area contributed by atoms with Crippen LogP contribution in [0.4, 0.5) is 0 Å². The third kappa shape index (κ3) is 4.16. The number of hydrogen-bond donors (Lipinski definition) is 3. The summed E-state index contributed by atoms with van der Waals surface area (Å²) in [6, 6.07) is 15.2. The zero-order chi connectivity index (χ0) is 22.1. The predicted molar refractivity (Wildman–Crippen MR) is 119 cm³/mol. The van der Waals surface area contributed by atoms with Crippen molar-refractivity contribution in [2.24, 2.45) is 0 Å². The van der Waals surface area contributed by atoms with E-state index in [9.17, 15) is 14.7 Å². The number of nitrogens with zero attached hydrogens (tertiary/aromatic N) is 1. The minimum absolute atomic E-state index is 0.00633. The van der Waals surface area contributed by atoms with E-state index in [2.05, 4.69) is 22.8 Å². The van der Waals surface area contributed by atoms with Crippen molar-refractivity contribution in [1.29, 1.82) is 0 Å². The molecule has 2 aromatic carbocycles. The van der Waals surface area contributed by atoms with Gasteiger partial charge in [0, 0.05) is 30.3 Å². The molecule has 7 nitrogen and oxygen atoms in total. The molecule has 2 aromatic rings. The van der Waals surface area contributed by atoms with E-state index in [-0.39, 0.29) is 36.5 Å². The highest BCUT2D eigenvalue weighted by molar-refractivity contribution is 5.98. The lowest BCUT2D eigenvalue weighted by Gasteiger charge is -2.34. The van der Waals surface area contributed by atoms with E-state index in [0.717, 1.165) is 19.3 Å². The van der Waals surface area contributed by atoms with Gasteiger partial charge in [-0.05, 0) is 54.7 Å². The van der Waals surface area contributed by atoms with Gasteiger partial charge in [0.15, 0.2) is 0 Å². The number of aliphatic hydroxyl groups is 1. The van der Waals surface area contributed by atoms with E-state index in [0.29, 0.717) is 30.9 Å². The first-order chi connectivity index (χ1) is 15.6. The van der Waals surface area contributed by atoms with Crippen molar-refractivity contribution in [3.05, 3.63) is 70.8 Å². The zero-order valence-electron chi connectivity index (χ0n) is 18.0. The summed E-state index contributed by atoms with van der Waals surface area (Å²) in [6.07, 6.45) is 2.01. The summed E-state index contributed by atoms with van der Waals surface area (Å²) in [5.74, 6) is -0.252. The molecule has 0 saturated carbocycles. The standard InChI is InChI=1S/C25H29N3O4/c29-23(22-11-18-3-1-2-4-19(18)12-26-22)13-27-24(30)16-5-7-17(8-6-16)25(31)28-20-9-10-21(28)15-32-14-20/h1-8,20-23,26,29H,9-15H2,(H,27,30). The van der Waals surface area contributed by atoms with Gasteiger partial charge in [-0.3, -0.25) is 9.59 Å². The minimum atomic E-state index is -0.690. The molecule has 7 heteroatoms. The van der Waals surface area contributed by atoms with Crippen LogP contribution in [0.25, 0.3) is 0 Å². The number of ether oxygens (including phenoxy) is 1. The van der Waals surface area contributed by atoms with Gasteiger partial charge < -0.3 is 25.4 Å². The molecule has 5 rings (SSSR count). The molecule has 0 spiro atoms. The lowest BCUT2D eigenvalue weighted by Crippen LogP contribution is -2.49. The van der Waals surface area contributed by atoms with Crippen molar-refractivity contribution < 1.29 is 19.4 Å². The van der Waals surface area contributed by atoms with Crippen LogP contribution in [0.15, 0.2) is 48.5 Å². The Kier molecular flexibility index (Phi) is 5.95. The fraction of sp³-hybridized carbons (Fsp3) is 0.440. The maximum atomic E-state index is 12.9. The van der Waals surface area contributed by atoms with Gasteiger partial charge in [-0.15, -0.1) is 0 Å². The number of aliphatic hydroxyl groups excluding tert-OH is 1. The van der Waals surface area contributed by atoms with Crippen molar-refractivity contribution in [2.75, 3.05) is 19.8 Å². The summed E-state index contributed by atoms with van der Waals surface area (Å²) in [6.45, 7) is 2.08. The van der Waals surface area contributed by atoms with E-state index >= 15 is 0 Å². The summed E-state index contributed by atoms with van der Waals surface area (Å²) < 4.78 is 5.56. The summed E-state index contributed by atoms with van der Waals surface area (Å²) in [4.78, 5) is 27.5. The molecule has 32 heavy (non-hydrogen) atoms. The Bertz CT molecular complexity index is 977. The van der Waals surface area contributed by atoms with Crippen LogP contribution in [0.5, 0.6) is 0 Å². The van der Waals surface area contributed by atoms with Crippen LogP contribution in [0.2, 0.25) is 0 Å². The first-order valence-corrected chi connectivity index (χ1v) is 11.4. The van der Waals surface area contributed by atoms with Gasteiger partial charge in [0.05, 0.1) is 31.4 Å². The van der Waals surface area contributed by atoms with Crippen molar-refractivity contribution in [3.8, 4) is 0 Å². The van der Waals surface area contributed by atoms with E-state index in [1.807, 2.05) is 17.0 Å². The number of amides is 2. The van der Waals surface area contributed by atoms with E-state index in [4.69, 9.17) is 4.74 Å². The molecular formula is C25H29N3O4. The van der Waals surface area contributed by atoms with Crippen LogP contribution in [-0.4, -0.2) is 65.8 Å². The molecule has 3 N–H and O–H groups in total. The van der Waals surface area contributed by atoms with Crippen LogP contribution in [-0.2, 0) is 17.7 Å². The zero-order valence-corrected chi connectivity index (χ0v) is 18.0. The van der Waals surface area contributed by atoms with Gasteiger partial charge in [-0.2, -0.15) is 0 Å². The molecule has 3 aliphatic heterocycles. The third-order valence-corrected chi connectivity index (χ3v) is 6.92. The van der Waals surface area contributed by atoms with Gasteiger partial charge in [-0.25, -0.2) is 0 Å². The number of fused-ring (bicyclic) bond motifs is 3. The summed E-state index contributed by atoms with van der Waals surface area (Å²) >= 11 is 0. The monoisotopic (exact) mass is 435 g/mol. The van der Waals surface area contributed by atoms with Crippen molar-refractivity contribution in [3.63, 3.8) is 0 Å². The van der Waals surface area contributed by atoms with Crippen LogP contribution < -0.4 is 10.6 Å². The SMILES string of the molecule is O=C(NCC(O)C1Cc2ccccc2CN1)c1ccc(C(=O)N2C3CCC2COC3)cc1. The number of hydrogen-bond acceptors (Lipinski definition) is 5. The number of carbonyl (C=O) groups is 2. The Morgan fingerprint density at radius 1 is 1.03 bits per heavy atom. The molecule has 0 radical (unpaired) electrons. The maximum absolute atomic E-state index is 12.9.